The number of rotatable bonds is 28. The zero-order chi connectivity index (χ0) is 50.8. The molecule has 0 radical (unpaired) electrons. The van der Waals surface area contributed by atoms with Crippen LogP contribution in [0.1, 0.15) is 83.2 Å². The monoisotopic (exact) mass is 978 g/mol. The average Bonchev–Trinajstić information content (AvgIpc) is 3.80. The molecule has 7 amide bonds. The van der Waals surface area contributed by atoms with E-state index in [1.165, 1.54) is 12.1 Å². The molecule has 71 heavy (non-hydrogen) atoms. The van der Waals surface area contributed by atoms with Gasteiger partial charge in [-0.3, -0.25) is 39.2 Å². The van der Waals surface area contributed by atoms with Gasteiger partial charge in [0.1, 0.15) is 23.6 Å². The Morgan fingerprint density at radius 2 is 1.39 bits per heavy atom. The first-order chi connectivity index (χ1) is 34.4. The van der Waals surface area contributed by atoms with Crippen LogP contribution in [-0.2, 0) is 50.1 Å². The van der Waals surface area contributed by atoms with Crippen LogP contribution in [0.3, 0.4) is 0 Å². The third kappa shape index (κ3) is 19.0. The summed E-state index contributed by atoms with van der Waals surface area (Å²) in [5, 5.41) is 29.0. The summed E-state index contributed by atoms with van der Waals surface area (Å²) in [6, 6.07) is 26.4. The van der Waals surface area contributed by atoms with Crippen molar-refractivity contribution in [3.05, 3.63) is 130 Å². The number of hydrogen-bond donors (Lipinski definition) is 10. The Hall–Kier alpha value is -7.55. The van der Waals surface area contributed by atoms with Gasteiger partial charge in [0.2, 0.25) is 23.6 Å². The largest absolute Gasteiger partial charge is 0.508 e. The molecule has 4 aromatic rings. The summed E-state index contributed by atoms with van der Waals surface area (Å²) in [6.07, 6.45) is 1.57. The summed E-state index contributed by atoms with van der Waals surface area (Å²) in [4.78, 5) is 83.0. The molecule has 0 aromatic heterocycles. The number of amides is 7. The van der Waals surface area contributed by atoms with Crippen LogP contribution in [0.4, 0.5) is 4.79 Å². The highest BCUT2D eigenvalue weighted by Gasteiger charge is 2.34. The number of benzene rings is 4. The van der Waals surface area contributed by atoms with Crippen molar-refractivity contribution in [1.82, 2.24) is 42.1 Å². The lowest BCUT2D eigenvalue weighted by Crippen LogP contribution is -2.50. The van der Waals surface area contributed by atoms with Gasteiger partial charge in [0.15, 0.2) is 5.96 Å². The average molecular weight is 978 g/mol. The Balaban J connectivity index is 1.12. The number of aliphatic imine (C=N–C) groups is 1. The van der Waals surface area contributed by atoms with E-state index in [9.17, 15) is 33.9 Å². The number of nitrogens with one attached hydrogen (secondary N) is 7. The molecule has 4 aromatic carbocycles. The van der Waals surface area contributed by atoms with Crippen LogP contribution >= 0.6 is 0 Å². The Morgan fingerprint density at radius 1 is 0.718 bits per heavy atom. The van der Waals surface area contributed by atoms with Crippen molar-refractivity contribution in [3.8, 4) is 11.5 Å². The Bertz CT molecular complexity index is 2360. The van der Waals surface area contributed by atoms with Gasteiger partial charge in [0.25, 0.3) is 5.91 Å². The molecule has 1 heterocycles. The van der Waals surface area contributed by atoms with E-state index in [0.717, 1.165) is 22.3 Å². The number of nitrogens with zero attached hydrogens (tertiary/aromatic N) is 2. The maximum absolute atomic E-state index is 14.5. The van der Waals surface area contributed by atoms with E-state index in [2.05, 4.69) is 47.1 Å². The third-order valence-corrected chi connectivity index (χ3v) is 11.3. The molecular weight excluding hydrogens is 911 g/mol. The Labute approximate surface area is 414 Å². The first-order valence-corrected chi connectivity index (χ1v) is 23.8. The van der Waals surface area contributed by atoms with Crippen molar-refractivity contribution < 1.29 is 43.3 Å². The van der Waals surface area contributed by atoms with E-state index in [0.29, 0.717) is 75.5 Å². The number of guanidine groups is 1. The second-order valence-corrected chi connectivity index (χ2v) is 16.7. The van der Waals surface area contributed by atoms with Gasteiger partial charge < -0.3 is 57.9 Å². The number of urea groups is 1. The number of fused-ring (bicyclic) bond motifs is 1. The van der Waals surface area contributed by atoms with Crippen LogP contribution < -0.4 is 53.4 Å². The summed E-state index contributed by atoms with van der Waals surface area (Å²) in [7, 11) is 0. The van der Waals surface area contributed by atoms with E-state index in [-0.39, 0.29) is 87.6 Å². The zero-order valence-electron chi connectivity index (χ0n) is 40.2. The van der Waals surface area contributed by atoms with Gasteiger partial charge in [-0.05, 0) is 83.5 Å². The smallest absolute Gasteiger partial charge is 0.321 e. The number of nitrogens with two attached hydrogens (primary N) is 2. The molecule has 12 N–H and O–H groups in total. The lowest BCUT2D eigenvalue weighted by atomic mass is 10.0. The molecule has 0 fully saturated rings. The molecule has 0 aliphatic carbocycles. The van der Waals surface area contributed by atoms with Gasteiger partial charge in [-0.2, -0.15) is 0 Å². The van der Waals surface area contributed by atoms with Crippen molar-refractivity contribution in [2.75, 3.05) is 52.5 Å². The number of phenolic OH excluding ortho intramolecular Hbond substituents is 1. The van der Waals surface area contributed by atoms with Crippen molar-refractivity contribution in [2.45, 2.75) is 77.3 Å². The number of phenols is 1. The van der Waals surface area contributed by atoms with Crippen LogP contribution in [-0.4, -0.2) is 110 Å². The predicted octanol–water partition coefficient (Wildman–Crippen LogP) is 2.35. The summed E-state index contributed by atoms with van der Waals surface area (Å²) >= 11 is 0. The van der Waals surface area contributed by atoms with E-state index < -0.39 is 24.0 Å². The zero-order valence-corrected chi connectivity index (χ0v) is 40.2. The first kappa shape index (κ1) is 54.4. The highest BCUT2D eigenvalue weighted by Crippen LogP contribution is 2.32. The van der Waals surface area contributed by atoms with E-state index in [4.69, 9.17) is 20.9 Å². The molecule has 0 spiro atoms. The van der Waals surface area contributed by atoms with Crippen molar-refractivity contribution >= 4 is 41.5 Å². The van der Waals surface area contributed by atoms with Gasteiger partial charge in [0, 0.05) is 77.3 Å². The lowest BCUT2D eigenvalue weighted by Gasteiger charge is -2.29. The number of aromatic hydroxyl groups is 1. The molecule has 20 nitrogen and oxygen atoms in total. The normalized spacial score (nSPS) is 13.0. The highest BCUT2D eigenvalue weighted by atomic mass is 16.5. The molecule has 0 unspecified atom stereocenters. The minimum atomic E-state index is -0.973. The first-order valence-electron chi connectivity index (χ1n) is 23.8. The second-order valence-electron chi connectivity index (χ2n) is 16.7. The Kier molecular flexibility index (Phi) is 22.6. The van der Waals surface area contributed by atoms with E-state index in [1.807, 2.05) is 48.5 Å². The number of ether oxygens (including phenoxy) is 2. The van der Waals surface area contributed by atoms with Gasteiger partial charge in [0.05, 0.1) is 19.8 Å². The number of carbonyl (C=O) groups is 6. The van der Waals surface area contributed by atoms with Crippen LogP contribution in [0.15, 0.2) is 102 Å². The maximum atomic E-state index is 14.5. The molecule has 0 bridgehead atoms. The molecule has 20 heteroatoms. The molecule has 0 saturated carbocycles. The van der Waals surface area contributed by atoms with Crippen LogP contribution in [0.25, 0.3) is 0 Å². The quantitative estimate of drug-likeness (QED) is 0.0223. The standard InChI is InChI=1S/C51H67N11O9/c1-2-44(64)55-25-26-58-51(69)61-50(53)57-23-5-9-43(48(67)59-32-36-12-18-41(63)19-13-36)60-49(68)46(62-33-39-7-3-4-8-40(39)34-62)37-16-20-42(21-17-37)71-28-6-24-54-45(65)22-29-70-30-27-56-47(66)38-14-10-35(31-52)11-15-38/h3-4,7-8,10-21,43,46,63H,2,5-6,9,22-34,52H2,1H3,(H,54,65)(H,55,64)(H,56,66)(H,59,67)(H,60,68)(H4,53,57,58,61,69)/t43-,46+/m1/s1. The van der Waals surface area contributed by atoms with Crippen LogP contribution in [0.2, 0.25) is 0 Å². The molecule has 2 atom stereocenters. The fourth-order valence-electron chi connectivity index (χ4n) is 7.44. The van der Waals surface area contributed by atoms with E-state index >= 15 is 0 Å². The molecule has 5 rings (SSSR count). The summed E-state index contributed by atoms with van der Waals surface area (Å²) in [5.41, 5.74) is 16.7. The Morgan fingerprint density at radius 3 is 2.08 bits per heavy atom. The van der Waals surface area contributed by atoms with E-state index in [1.54, 1.807) is 43.3 Å². The number of carbonyl (C=O) groups excluding carboxylic acids is 6. The molecule has 1 aliphatic heterocycles. The molecular formula is C51H67N11O9. The van der Waals surface area contributed by atoms with Gasteiger partial charge in [-0.25, -0.2) is 4.79 Å². The topological polar surface area (TPSA) is 293 Å². The SMILES string of the molecule is CCC(=O)NCCNC(=O)NC(N)=NCCC[C@@H](NC(=O)[C@H](c1ccc(OCCCNC(=O)CCOCCNC(=O)c2ccc(CN)cc2)cc1)N1Cc2ccccc2C1)C(=O)NCc1ccc(O)cc1. The second kappa shape index (κ2) is 29.5. The minimum absolute atomic E-state index is 0.0936. The summed E-state index contributed by atoms with van der Waals surface area (Å²) < 4.78 is 11.5. The third-order valence-electron chi connectivity index (χ3n) is 11.3. The molecule has 0 saturated heterocycles. The van der Waals surface area contributed by atoms with Gasteiger partial charge >= 0.3 is 6.03 Å². The van der Waals surface area contributed by atoms with Gasteiger partial charge in [-0.15, -0.1) is 0 Å². The van der Waals surface area contributed by atoms with Crippen molar-refractivity contribution in [3.63, 3.8) is 0 Å². The lowest BCUT2D eigenvalue weighted by molar-refractivity contribution is -0.132. The maximum Gasteiger partial charge on any atom is 0.321 e. The highest BCUT2D eigenvalue weighted by molar-refractivity contribution is 5.95. The van der Waals surface area contributed by atoms with Crippen molar-refractivity contribution in [1.29, 1.82) is 0 Å². The van der Waals surface area contributed by atoms with Crippen molar-refractivity contribution in [2.24, 2.45) is 16.5 Å². The summed E-state index contributed by atoms with van der Waals surface area (Å²) in [6.45, 7) is 5.41. The molecule has 380 valence electrons. The fraction of sp³-hybridized carbons (Fsp3) is 0.392. The van der Waals surface area contributed by atoms with Crippen LogP contribution in [0, 0.1) is 0 Å². The fourth-order valence-corrected chi connectivity index (χ4v) is 7.44. The predicted molar refractivity (Wildman–Crippen MR) is 268 cm³/mol. The summed E-state index contributed by atoms with van der Waals surface area (Å²) in [5.74, 6) is -0.770. The molecule has 1 aliphatic rings. The van der Waals surface area contributed by atoms with Gasteiger partial charge in [-0.1, -0.05) is 67.6 Å². The number of hydrogen-bond acceptors (Lipinski definition) is 12. The minimum Gasteiger partial charge on any atom is -0.508 e. The van der Waals surface area contributed by atoms with Crippen LogP contribution in [0.5, 0.6) is 11.5 Å².